The molecule has 2 amide bonds. The Morgan fingerprint density at radius 3 is 2.47 bits per heavy atom. The van der Waals surface area contributed by atoms with E-state index in [2.05, 4.69) is 19.2 Å². The molecule has 0 spiro atoms. The molecular formula is C13H27N3O. The summed E-state index contributed by atoms with van der Waals surface area (Å²) in [6.45, 7) is 6.23. The molecule has 0 saturated carbocycles. The molecule has 17 heavy (non-hydrogen) atoms. The van der Waals surface area contributed by atoms with Gasteiger partial charge in [-0.05, 0) is 26.2 Å². The fraction of sp³-hybridized carbons (Fsp3) is 0.923. The number of carbonyl (C=O) groups excluding carboxylic acids is 1. The van der Waals surface area contributed by atoms with Gasteiger partial charge in [0.25, 0.3) is 0 Å². The number of urea groups is 1. The fourth-order valence-electron chi connectivity index (χ4n) is 2.44. The summed E-state index contributed by atoms with van der Waals surface area (Å²) >= 11 is 0. The summed E-state index contributed by atoms with van der Waals surface area (Å²) < 4.78 is 0. The molecule has 0 aromatic carbocycles. The molecule has 1 saturated heterocycles. The van der Waals surface area contributed by atoms with Crippen LogP contribution in [0.15, 0.2) is 0 Å². The highest BCUT2D eigenvalue weighted by molar-refractivity contribution is 5.73. The van der Waals surface area contributed by atoms with Crippen LogP contribution >= 0.6 is 0 Å². The third kappa shape index (κ3) is 4.54. The Labute approximate surface area is 105 Å². The maximum Gasteiger partial charge on any atom is 0.319 e. The zero-order valence-electron chi connectivity index (χ0n) is 11.7. The van der Waals surface area contributed by atoms with Gasteiger partial charge in [-0.1, -0.05) is 13.3 Å². The van der Waals surface area contributed by atoms with Crippen molar-refractivity contribution in [3.63, 3.8) is 0 Å². The average Bonchev–Trinajstić information content (AvgIpc) is 2.29. The van der Waals surface area contributed by atoms with E-state index >= 15 is 0 Å². The molecule has 0 aromatic rings. The van der Waals surface area contributed by atoms with Crippen LogP contribution in [-0.2, 0) is 0 Å². The minimum absolute atomic E-state index is 0.144. The number of hydrogen-bond acceptors (Lipinski definition) is 2. The molecule has 1 rings (SSSR count). The zero-order valence-corrected chi connectivity index (χ0v) is 11.7. The van der Waals surface area contributed by atoms with Gasteiger partial charge in [-0.15, -0.1) is 0 Å². The average molecular weight is 241 g/mol. The predicted molar refractivity (Wildman–Crippen MR) is 71.2 cm³/mol. The lowest BCUT2D eigenvalue weighted by molar-refractivity contribution is 0.150. The molecule has 1 fully saturated rings. The summed E-state index contributed by atoms with van der Waals surface area (Å²) in [5.74, 6) is 0. The van der Waals surface area contributed by atoms with Crippen LogP contribution in [0.4, 0.5) is 4.79 Å². The van der Waals surface area contributed by atoms with Crippen LogP contribution in [0.1, 0.15) is 39.5 Å². The van der Waals surface area contributed by atoms with Crippen molar-refractivity contribution in [1.82, 2.24) is 15.1 Å². The maximum atomic E-state index is 11.8. The van der Waals surface area contributed by atoms with Crippen LogP contribution in [0.5, 0.6) is 0 Å². The third-order valence-electron chi connectivity index (χ3n) is 3.39. The highest BCUT2D eigenvalue weighted by Crippen LogP contribution is 2.13. The molecule has 1 unspecified atom stereocenters. The van der Waals surface area contributed by atoms with Crippen molar-refractivity contribution in [1.29, 1.82) is 0 Å². The van der Waals surface area contributed by atoms with Gasteiger partial charge in [-0.2, -0.15) is 0 Å². The van der Waals surface area contributed by atoms with Crippen molar-refractivity contribution >= 4 is 6.03 Å². The fourth-order valence-corrected chi connectivity index (χ4v) is 2.44. The molecule has 0 aliphatic carbocycles. The van der Waals surface area contributed by atoms with Crippen molar-refractivity contribution in [2.24, 2.45) is 0 Å². The Morgan fingerprint density at radius 1 is 1.41 bits per heavy atom. The van der Waals surface area contributed by atoms with E-state index in [1.54, 1.807) is 4.90 Å². The van der Waals surface area contributed by atoms with Gasteiger partial charge in [-0.25, -0.2) is 4.79 Å². The summed E-state index contributed by atoms with van der Waals surface area (Å²) in [5, 5.41) is 3.66. The second-order valence-corrected chi connectivity index (χ2v) is 5.29. The molecule has 4 nitrogen and oxygen atoms in total. The van der Waals surface area contributed by atoms with Crippen molar-refractivity contribution in [3.8, 4) is 0 Å². The highest BCUT2D eigenvalue weighted by atomic mass is 16.2. The monoisotopic (exact) mass is 241 g/mol. The van der Waals surface area contributed by atoms with E-state index < -0.39 is 0 Å². The molecule has 1 N–H and O–H groups in total. The van der Waals surface area contributed by atoms with E-state index in [1.165, 1.54) is 12.8 Å². The minimum Gasteiger partial charge on any atom is -0.331 e. The lowest BCUT2D eigenvalue weighted by Gasteiger charge is -2.35. The van der Waals surface area contributed by atoms with Crippen molar-refractivity contribution in [2.75, 3.05) is 27.2 Å². The summed E-state index contributed by atoms with van der Waals surface area (Å²) in [7, 11) is 3.63. The van der Waals surface area contributed by atoms with Crippen molar-refractivity contribution in [2.45, 2.75) is 51.6 Å². The number of carbonyl (C=O) groups is 1. The van der Waals surface area contributed by atoms with Crippen LogP contribution in [0.3, 0.4) is 0 Å². The first-order valence-corrected chi connectivity index (χ1v) is 6.76. The Morgan fingerprint density at radius 2 is 2.00 bits per heavy atom. The minimum atomic E-state index is 0.144. The Balaban J connectivity index is 2.28. The van der Waals surface area contributed by atoms with Crippen LogP contribution in [0.25, 0.3) is 0 Å². The first kappa shape index (κ1) is 14.3. The molecule has 1 heterocycles. The molecule has 4 heteroatoms. The summed E-state index contributed by atoms with van der Waals surface area (Å²) in [4.78, 5) is 15.4. The van der Waals surface area contributed by atoms with Crippen molar-refractivity contribution < 1.29 is 4.79 Å². The Kier molecular flexibility index (Phi) is 5.75. The molecule has 0 aromatic heterocycles. The van der Waals surface area contributed by atoms with Crippen LogP contribution in [0, 0.1) is 0 Å². The number of amides is 2. The molecule has 1 aliphatic heterocycles. The molecular weight excluding hydrogens is 214 g/mol. The first-order chi connectivity index (χ1) is 8.04. The lowest BCUT2D eigenvalue weighted by atomic mass is 10.0. The smallest absolute Gasteiger partial charge is 0.319 e. The van der Waals surface area contributed by atoms with E-state index in [0.717, 1.165) is 25.9 Å². The van der Waals surface area contributed by atoms with Crippen LogP contribution < -0.4 is 5.32 Å². The summed E-state index contributed by atoms with van der Waals surface area (Å²) in [6.07, 6.45) is 4.62. The molecule has 0 bridgehead atoms. The zero-order chi connectivity index (χ0) is 12.8. The van der Waals surface area contributed by atoms with Crippen molar-refractivity contribution in [3.05, 3.63) is 0 Å². The standard InChI is InChI=1S/C13H27N3O/c1-5-6-11(2)14-12-7-9-16(10-8-12)13(17)15(3)4/h11-12,14H,5-10H2,1-4H3. The number of rotatable bonds is 4. The molecule has 0 radical (unpaired) electrons. The third-order valence-corrected chi connectivity index (χ3v) is 3.39. The maximum absolute atomic E-state index is 11.8. The molecule has 100 valence electrons. The van der Waals surface area contributed by atoms with Gasteiger partial charge in [0.05, 0.1) is 0 Å². The quantitative estimate of drug-likeness (QED) is 0.816. The lowest BCUT2D eigenvalue weighted by Crippen LogP contribution is -2.49. The van der Waals surface area contributed by atoms with E-state index in [9.17, 15) is 4.79 Å². The number of nitrogens with zero attached hydrogens (tertiary/aromatic N) is 2. The van der Waals surface area contributed by atoms with Gasteiger partial charge in [-0.3, -0.25) is 0 Å². The van der Waals surface area contributed by atoms with Crippen LogP contribution in [0.2, 0.25) is 0 Å². The van der Waals surface area contributed by atoms with E-state index in [1.807, 2.05) is 19.0 Å². The van der Waals surface area contributed by atoms with Gasteiger partial charge in [0.1, 0.15) is 0 Å². The van der Waals surface area contributed by atoms with Crippen LogP contribution in [-0.4, -0.2) is 55.1 Å². The van der Waals surface area contributed by atoms with Gasteiger partial charge < -0.3 is 15.1 Å². The van der Waals surface area contributed by atoms with E-state index in [4.69, 9.17) is 0 Å². The molecule has 1 aliphatic rings. The second kappa shape index (κ2) is 6.84. The van der Waals surface area contributed by atoms with Gasteiger partial charge in [0, 0.05) is 39.3 Å². The number of likely N-dealkylation sites (tertiary alicyclic amines) is 1. The Hall–Kier alpha value is -0.770. The molecule has 1 atom stereocenters. The predicted octanol–water partition coefficient (Wildman–Crippen LogP) is 1.91. The largest absolute Gasteiger partial charge is 0.331 e. The van der Waals surface area contributed by atoms with Gasteiger partial charge in [0.2, 0.25) is 0 Å². The summed E-state index contributed by atoms with van der Waals surface area (Å²) in [5.41, 5.74) is 0. The van der Waals surface area contributed by atoms with Gasteiger partial charge >= 0.3 is 6.03 Å². The van der Waals surface area contributed by atoms with Gasteiger partial charge in [0.15, 0.2) is 0 Å². The first-order valence-electron chi connectivity index (χ1n) is 6.76. The van der Waals surface area contributed by atoms with E-state index in [-0.39, 0.29) is 6.03 Å². The number of piperidine rings is 1. The second-order valence-electron chi connectivity index (χ2n) is 5.29. The number of hydrogen-bond donors (Lipinski definition) is 1. The normalized spacial score (nSPS) is 19.2. The Bertz CT molecular complexity index is 235. The summed E-state index contributed by atoms with van der Waals surface area (Å²) in [6, 6.07) is 1.33. The number of nitrogens with one attached hydrogen (secondary N) is 1. The SMILES string of the molecule is CCCC(C)NC1CCN(C(=O)N(C)C)CC1. The van der Waals surface area contributed by atoms with E-state index in [0.29, 0.717) is 12.1 Å². The topological polar surface area (TPSA) is 35.6 Å². The highest BCUT2D eigenvalue weighted by Gasteiger charge is 2.24.